The van der Waals surface area contributed by atoms with E-state index >= 15 is 0 Å². The molecule has 0 saturated carbocycles. The van der Waals surface area contributed by atoms with E-state index in [9.17, 15) is 27.6 Å². The predicted octanol–water partition coefficient (Wildman–Crippen LogP) is 4.02. The quantitative estimate of drug-likeness (QED) is 0.642. The summed E-state index contributed by atoms with van der Waals surface area (Å²) in [6.07, 6.45) is -5.82. The average Bonchev–Trinajstić information content (AvgIpc) is 3.13. The first-order chi connectivity index (χ1) is 15.6. The number of nitrogens with one attached hydrogen (secondary N) is 1. The second-order valence-corrected chi connectivity index (χ2v) is 7.87. The van der Waals surface area contributed by atoms with Crippen molar-refractivity contribution in [3.63, 3.8) is 0 Å². The molecule has 2 aromatic carbocycles. The first kappa shape index (κ1) is 22.4. The van der Waals surface area contributed by atoms with Crippen molar-refractivity contribution in [1.82, 2.24) is 9.88 Å². The molecule has 2 amide bonds. The van der Waals surface area contributed by atoms with Crippen molar-refractivity contribution >= 4 is 28.5 Å². The molecule has 0 spiro atoms. The van der Waals surface area contributed by atoms with Crippen LogP contribution in [0.1, 0.15) is 12.0 Å². The number of H-pyrrole nitrogens is 1. The Bertz CT molecular complexity index is 1300. The minimum atomic E-state index is -4.57. The number of anilines is 1. The number of halogens is 3. The molecule has 1 atom stereocenters. The van der Waals surface area contributed by atoms with E-state index in [1.807, 2.05) is 0 Å². The van der Waals surface area contributed by atoms with Gasteiger partial charge in [0.25, 0.3) is 11.5 Å². The Kier molecular flexibility index (Phi) is 5.61. The van der Waals surface area contributed by atoms with Gasteiger partial charge in [0.2, 0.25) is 0 Å². The molecule has 1 aromatic heterocycles. The summed E-state index contributed by atoms with van der Waals surface area (Å²) in [5.41, 5.74) is -1.08. The van der Waals surface area contributed by atoms with Crippen LogP contribution in [-0.4, -0.2) is 48.6 Å². The average molecular weight is 459 g/mol. The van der Waals surface area contributed by atoms with E-state index in [-0.39, 0.29) is 16.6 Å². The molecule has 0 radical (unpaired) electrons. The minimum absolute atomic E-state index is 0.0427. The fraction of sp³-hybridized carbons (Fsp3) is 0.261. The van der Waals surface area contributed by atoms with Crippen molar-refractivity contribution in [3.8, 4) is 11.3 Å². The third-order valence-corrected chi connectivity index (χ3v) is 5.43. The number of pyridine rings is 1. The maximum Gasteiger partial charge on any atom is 0.417 e. The number of ether oxygens (including phenoxy) is 1. The maximum atomic E-state index is 13.4. The van der Waals surface area contributed by atoms with E-state index in [0.717, 1.165) is 6.07 Å². The van der Waals surface area contributed by atoms with Gasteiger partial charge in [0.1, 0.15) is 0 Å². The lowest BCUT2D eigenvalue weighted by atomic mass is 10.0. The van der Waals surface area contributed by atoms with Crippen molar-refractivity contribution in [3.05, 3.63) is 64.4 Å². The standard InChI is InChI=1S/C23H20F3N3O4/c1-28(2)22(32)33-19-9-10-29(21(19)31)14-8-7-13-11-18(27-20(30)16(13)12-14)15-5-3-4-6-17(15)23(24,25)26/h3-8,11-12,19H,9-10H2,1-2H3,(H,27,30). The van der Waals surface area contributed by atoms with Gasteiger partial charge in [-0.15, -0.1) is 0 Å². The van der Waals surface area contributed by atoms with Crippen LogP contribution in [0.2, 0.25) is 0 Å². The molecule has 172 valence electrons. The second kappa shape index (κ2) is 8.27. The highest BCUT2D eigenvalue weighted by Crippen LogP contribution is 2.36. The summed E-state index contributed by atoms with van der Waals surface area (Å²) >= 11 is 0. The van der Waals surface area contributed by atoms with E-state index in [0.29, 0.717) is 24.0 Å². The third-order valence-electron chi connectivity index (χ3n) is 5.43. The molecule has 33 heavy (non-hydrogen) atoms. The van der Waals surface area contributed by atoms with Gasteiger partial charge in [-0.2, -0.15) is 13.2 Å². The predicted molar refractivity (Wildman–Crippen MR) is 116 cm³/mol. The molecule has 1 unspecified atom stereocenters. The highest BCUT2D eigenvalue weighted by Gasteiger charge is 2.36. The summed E-state index contributed by atoms with van der Waals surface area (Å²) in [6, 6.07) is 11.2. The number of nitrogens with zero attached hydrogens (tertiary/aromatic N) is 2. The van der Waals surface area contributed by atoms with E-state index in [2.05, 4.69) is 4.98 Å². The molecule has 1 N–H and O–H groups in total. The molecule has 1 aliphatic heterocycles. The lowest BCUT2D eigenvalue weighted by molar-refractivity contribution is -0.137. The molecule has 2 heterocycles. The molecular formula is C23H20F3N3O4. The summed E-state index contributed by atoms with van der Waals surface area (Å²) < 4.78 is 45.4. The van der Waals surface area contributed by atoms with Crippen molar-refractivity contribution in [2.75, 3.05) is 25.5 Å². The van der Waals surface area contributed by atoms with Gasteiger partial charge in [-0.3, -0.25) is 9.59 Å². The smallest absolute Gasteiger partial charge is 0.417 e. The van der Waals surface area contributed by atoms with Crippen molar-refractivity contribution in [2.45, 2.75) is 18.7 Å². The number of hydrogen-bond acceptors (Lipinski definition) is 4. The monoisotopic (exact) mass is 459 g/mol. The van der Waals surface area contributed by atoms with Crippen LogP contribution < -0.4 is 10.5 Å². The lowest BCUT2D eigenvalue weighted by Crippen LogP contribution is -2.34. The molecule has 1 saturated heterocycles. The van der Waals surface area contributed by atoms with Crippen LogP contribution >= 0.6 is 0 Å². The zero-order valence-electron chi connectivity index (χ0n) is 17.8. The van der Waals surface area contributed by atoms with Crippen LogP contribution in [0.15, 0.2) is 53.3 Å². The summed E-state index contributed by atoms with van der Waals surface area (Å²) in [6.45, 7) is 0.296. The van der Waals surface area contributed by atoms with Gasteiger partial charge in [-0.1, -0.05) is 24.3 Å². The number of aromatic nitrogens is 1. The van der Waals surface area contributed by atoms with Crippen LogP contribution in [0, 0.1) is 0 Å². The van der Waals surface area contributed by atoms with Crippen LogP contribution in [0.4, 0.5) is 23.7 Å². The Balaban J connectivity index is 1.68. The fourth-order valence-electron chi connectivity index (χ4n) is 3.77. The zero-order chi connectivity index (χ0) is 23.9. The Morgan fingerprint density at radius 1 is 1.12 bits per heavy atom. The van der Waals surface area contributed by atoms with E-state index in [4.69, 9.17) is 4.74 Å². The molecule has 10 heteroatoms. The molecular weight excluding hydrogens is 439 g/mol. The number of hydrogen-bond donors (Lipinski definition) is 1. The van der Waals surface area contributed by atoms with E-state index < -0.39 is 35.4 Å². The van der Waals surface area contributed by atoms with E-state index in [1.165, 1.54) is 54.2 Å². The molecule has 1 aliphatic rings. The fourth-order valence-corrected chi connectivity index (χ4v) is 3.77. The number of alkyl halides is 3. The van der Waals surface area contributed by atoms with Gasteiger partial charge in [0.15, 0.2) is 6.10 Å². The molecule has 7 nitrogen and oxygen atoms in total. The SMILES string of the molecule is CN(C)C(=O)OC1CCN(c2ccc3cc(-c4ccccc4C(F)(F)F)[nH]c(=O)c3c2)C1=O. The summed E-state index contributed by atoms with van der Waals surface area (Å²) in [5.74, 6) is -0.406. The summed E-state index contributed by atoms with van der Waals surface area (Å²) in [5, 5.41) is 0.652. The van der Waals surface area contributed by atoms with Gasteiger partial charge >= 0.3 is 12.3 Å². The van der Waals surface area contributed by atoms with Gasteiger partial charge in [0, 0.05) is 49.4 Å². The highest BCUT2D eigenvalue weighted by atomic mass is 19.4. The number of benzene rings is 2. The van der Waals surface area contributed by atoms with Gasteiger partial charge in [0.05, 0.1) is 5.56 Å². The van der Waals surface area contributed by atoms with Gasteiger partial charge < -0.3 is 19.5 Å². The number of carbonyl (C=O) groups excluding carboxylic acids is 2. The third kappa shape index (κ3) is 4.28. The molecule has 1 fully saturated rings. The van der Waals surface area contributed by atoms with Crippen molar-refractivity contribution in [1.29, 1.82) is 0 Å². The number of aromatic amines is 1. The summed E-state index contributed by atoms with van der Waals surface area (Å²) in [4.78, 5) is 42.4. The van der Waals surface area contributed by atoms with Crippen LogP contribution in [-0.2, 0) is 15.7 Å². The first-order valence-electron chi connectivity index (χ1n) is 10.1. The lowest BCUT2D eigenvalue weighted by Gasteiger charge is -2.18. The van der Waals surface area contributed by atoms with Gasteiger partial charge in [-0.25, -0.2) is 4.79 Å². The number of rotatable bonds is 3. The van der Waals surface area contributed by atoms with E-state index in [1.54, 1.807) is 12.1 Å². The number of fused-ring (bicyclic) bond motifs is 1. The Hall–Kier alpha value is -3.82. The Morgan fingerprint density at radius 3 is 2.55 bits per heavy atom. The Morgan fingerprint density at radius 2 is 1.85 bits per heavy atom. The number of carbonyl (C=O) groups is 2. The zero-order valence-corrected chi connectivity index (χ0v) is 17.8. The van der Waals surface area contributed by atoms with Crippen LogP contribution in [0.25, 0.3) is 22.0 Å². The van der Waals surface area contributed by atoms with Crippen LogP contribution in [0.3, 0.4) is 0 Å². The summed E-state index contributed by atoms with van der Waals surface area (Å²) in [7, 11) is 3.02. The molecule has 3 aromatic rings. The maximum absolute atomic E-state index is 13.4. The topological polar surface area (TPSA) is 82.7 Å². The van der Waals surface area contributed by atoms with Gasteiger partial charge in [-0.05, 0) is 29.7 Å². The number of amides is 2. The Labute approximate surface area is 186 Å². The molecule has 4 rings (SSSR count). The van der Waals surface area contributed by atoms with Crippen molar-refractivity contribution in [2.24, 2.45) is 0 Å². The second-order valence-electron chi connectivity index (χ2n) is 7.87. The largest absolute Gasteiger partial charge is 0.436 e. The molecule has 0 aliphatic carbocycles. The normalized spacial score (nSPS) is 16.3. The van der Waals surface area contributed by atoms with Crippen molar-refractivity contribution < 1.29 is 27.5 Å². The minimum Gasteiger partial charge on any atom is -0.436 e. The first-order valence-corrected chi connectivity index (χ1v) is 10.1. The molecule has 0 bridgehead atoms. The highest BCUT2D eigenvalue weighted by molar-refractivity contribution is 6.01. The van der Waals surface area contributed by atoms with Crippen LogP contribution in [0.5, 0.6) is 0 Å².